The van der Waals surface area contributed by atoms with Gasteiger partial charge in [-0.2, -0.15) is 0 Å². The Balaban J connectivity index is 1.58. The van der Waals surface area contributed by atoms with Gasteiger partial charge in [0.1, 0.15) is 5.69 Å². The van der Waals surface area contributed by atoms with Gasteiger partial charge in [0.15, 0.2) is 0 Å². The van der Waals surface area contributed by atoms with Gasteiger partial charge in [0.2, 0.25) is 0 Å². The highest BCUT2D eigenvalue weighted by molar-refractivity contribution is 6.35. The summed E-state index contributed by atoms with van der Waals surface area (Å²) in [6.07, 6.45) is 6.26. The van der Waals surface area contributed by atoms with Crippen molar-refractivity contribution in [2.75, 3.05) is 6.54 Å². The maximum Gasteiger partial charge on any atom is 0.267 e. The zero-order valence-corrected chi connectivity index (χ0v) is 12.1. The predicted molar refractivity (Wildman–Crippen MR) is 82.5 cm³/mol. The number of aromatic amines is 1. The number of nitrogens with one attached hydrogen (secondary N) is 2. The summed E-state index contributed by atoms with van der Waals surface area (Å²) in [6.45, 7) is 1.44. The predicted octanol–water partition coefficient (Wildman–Crippen LogP) is 2.84. The summed E-state index contributed by atoms with van der Waals surface area (Å²) in [5, 5.41) is 4.45. The average molecular weight is 303 g/mol. The fraction of sp³-hybridized carbons (Fsp3) is 0.200. The number of para-hydroxylation sites is 1. The van der Waals surface area contributed by atoms with E-state index in [-0.39, 0.29) is 5.91 Å². The number of benzene rings is 1. The van der Waals surface area contributed by atoms with Crippen LogP contribution in [0.2, 0.25) is 5.02 Å². The van der Waals surface area contributed by atoms with E-state index < -0.39 is 0 Å². The Hall–Kier alpha value is -2.27. The first-order valence-electron chi connectivity index (χ1n) is 6.75. The van der Waals surface area contributed by atoms with E-state index in [0.29, 0.717) is 17.3 Å². The lowest BCUT2D eigenvalue weighted by molar-refractivity contribution is 0.0948. The number of imidazole rings is 1. The minimum absolute atomic E-state index is 0.118. The zero-order chi connectivity index (χ0) is 14.7. The Morgan fingerprint density at radius 3 is 3.10 bits per heavy atom. The van der Waals surface area contributed by atoms with Crippen LogP contribution in [0.3, 0.4) is 0 Å². The van der Waals surface area contributed by atoms with E-state index >= 15 is 0 Å². The lowest BCUT2D eigenvalue weighted by Gasteiger charge is -2.04. The van der Waals surface area contributed by atoms with Crippen molar-refractivity contribution in [3.8, 4) is 0 Å². The number of nitrogens with zero attached hydrogens (tertiary/aromatic N) is 2. The summed E-state index contributed by atoms with van der Waals surface area (Å²) >= 11 is 6.09. The van der Waals surface area contributed by atoms with Crippen LogP contribution in [0.4, 0.5) is 0 Å². The van der Waals surface area contributed by atoms with E-state index in [1.807, 2.05) is 29.0 Å². The molecule has 108 valence electrons. The van der Waals surface area contributed by atoms with Crippen LogP contribution in [0, 0.1) is 0 Å². The van der Waals surface area contributed by atoms with Gasteiger partial charge in [0.25, 0.3) is 5.91 Å². The summed E-state index contributed by atoms with van der Waals surface area (Å²) in [5.74, 6) is -0.118. The van der Waals surface area contributed by atoms with Crippen LogP contribution in [-0.2, 0) is 6.54 Å². The second-order valence-electron chi connectivity index (χ2n) is 4.80. The molecule has 6 heteroatoms. The summed E-state index contributed by atoms with van der Waals surface area (Å²) in [5.41, 5.74) is 1.32. The highest BCUT2D eigenvalue weighted by atomic mass is 35.5. The molecule has 0 radical (unpaired) electrons. The summed E-state index contributed by atoms with van der Waals surface area (Å²) in [7, 11) is 0. The largest absolute Gasteiger partial charge is 0.351 e. The Morgan fingerprint density at radius 2 is 2.33 bits per heavy atom. The van der Waals surface area contributed by atoms with Crippen molar-refractivity contribution < 1.29 is 4.79 Å². The quantitative estimate of drug-likeness (QED) is 0.712. The van der Waals surface area contributed by atoms with Crippen LogP contribution >= 0.6 is 11.6 Å². The van der Waals surface area contributed by atoms with E-state index in [4.69, 9.17) is 11.6 Å². The van der Waals surface area contributed by atoms with Gasteiger partial charge in [-0.05, 0) is 18.6 Å². The number of hydrogen-bond donors (Lipinski definition) is 2. The average Bonchev–Trinajstić information content (AvgIpc) is 3.13. The van der Waals surface area contributed by atoms with E-state index in [0.717, 1.165) is 23.9 Å². The fourth-order valence-corrected chi connectivity index (χ4v) is 2.45. The van der Waals surface area contributed by atoms with Crippen molar-refractivity contribution in [1.82, 2.24) is 19.9 Å². The van der Waals surface area contributed by atoms with Crippen molar-refractivity contribution in [2.24, 2.45) is 0 Å². The molecule has 0 aliphatic heterocycles. The number of carbonyl (C=O) groups is 1. The molecule has 21 heavy (non-hydrogen) atoms. The molecule has 0 spiro atoms. The molecule has 2 aromatic heterocycles. The van der Waals surface area contributed by atoms with Gasteiger partial charge in [-0.15, -0.1) is 0 Å². The monoisotopic (exact) mass is 302 g/mol. The van der Waals surface area contributed by atoms with Gasteiger partial charge in [0.05, 0.1) is 16.9 Å². The smallest absolute Gasteiger partial charge is 0.267 e. The first-order chi connectivity index (χ1) is 10.2. The summed E-state index contributed by atoms with van der Waals surface area (Å²) in [4.78, 5) is 19.1. The Labute approximate surface area is 126 Å². The molecule has 0 saturated carbocycles. The minimum Gasteiger partial charge on any atom is -0.351 e. The topological polar surface area (TPSA) is 62.7 Å². The third kappa shape index (κ3) is 3.08. The maximum absolute atomic E-state index is 12.1. The van der Waals surface area contributed by atoms with Crippen LogP contribution in [-0.4, -0.2) is 27.0 Å². The molecule has 0 unspecified atom stereocenters. The molecule has 2 heterocycles. The highest BCUT2D eigenvalue weighted by Crippen LogP contribution is 2.23. The number of aromatic nitrogens is 3. The van der Waals surface area contributed by atoms with Gasteiger partial charge in [-0.25, -0.2) is 4.98 Å². The molecule has 0 atom stereocenters. The number of amides is 1. The van der Waals surface area contributed by atoms with E-state index in [2.05, 4.69) is 15.3 Å². The van der Waals surface area contributed by atoms with Gasteiger partial charge in [0, 0.05) is 30.9 Å². The zero-order valence-electron chi connectivity index (χ0n) is 11.3. The molecule has 0 bridgehead atoms. The number of rotatable bonds is 5. The highest BCUT2D eigenvalue weighted by Gasteiger charge is 2.10. The molecular weight excluding hydrogens is 288 g/mol. The molecule has 0 fully saturated rings. The van der Waals surface area contributed by atoms with Gasteiger partial charge >= 0.3 is 0 Å². The normalized spacial score (nSPS) is 10.9. The van der Waals surface area contributed by atoms with Crippen molar-refractivity contribution in [3.63, 3.8) is 0 Å². The summed E-state index contributed by atoms with van der Waals surface area (Å²) in [6, 6.07) is 7.40. The Bertz CT molecular complexity index is 748. The van der Waals surface area contributed by atoms with Crippen LogP contribution in [0.5, 0.6) is 0 Å². The number of carbonyl (C=O) groups excluding carboxylic acids is 1. The van der Waals surface area contributed by atoms with Crippen molar-refractivity contribution in [2.45, 2.75) is 13.0 Å². The molecule has 2 N–H and O–H groups in total. The standard InChI is InChI=1S/C15H15ClN4O/c16-12-4-1-3-11-9-13(19-14(11)12)15(21)18-5-2-7-20-8-6-17-10-20/h1,3-4,6,8-10,19H,2,5,7H2,(H,18,21). The summed E-state index contributed by atoms with van der Waals surface area (Å²) < 4.78 is 1.98. The first-order valence-corrected chi connectivity index (χ1v) is 7.13. The minimum atomic E-state index is -0.118. The maximum atomic E-state index is 12.1. The number of hydrogen-bond acceptors (Lipinski definition) is 2. The lowest BCUT2D eigenvalue weighted by atomic mass is 10.2. The molecule has 5 nitrogen and oxygen atoms in total. The molecule has 1 amide bonds. The van der Waals surface area contributed by atoms with Crippen LogP contribution < -0.4 is 5.32 Å². The Kier molecular flexibility index (Phi) is 3.92. The fourth-order valence-electron chi connectivity index (χ4n) is 2.22. The first kappa shape index (κ1) is 13.7. The molecule has 3 rings (SSSR count). The van der Waals surface area contributed by atoms with Crippen molar-refractivity contribution in [1.29, 1.82) is 0 Å². The van der Waals surface area contributed by atoms with E-state index in [1.54, 1.807) is 18.6 Å². The molecule has 1 aromatic carbocycles. The SMILES string of the molecule is O=C(NCCCn1ccnc1)c1cc2cccc(Cl)c2[nH]1. The molecule has 3 aromatic rings. The third-order valence-corrected chi connectivity index (χ3v) is 3.60. The second kappa shape index (κ2) is 6.01. The number of aryl methyl sites for hydroxylation is 1. The van der Waals surface area contributed by atoms with E-state index in [9.17, 15) is 4.79 Å². The van der Waals surface area contributed by atoms with Crippen LogP contribution in [0.1, 0.15) is 16.9 Å². The van der Waals surface area contributed by atoms with Gasteiger partial charge < -0.3 is 14.9 Å². The third-order valence-electron chi connectivity index (χ3n) is 3.29. The van der Waals surface area contributed by atoms with Crippen LogP contribution in [0.25, 0.3) is 10.9 Å². The molecule has 0 aliphatic carbocycles. The Morgan fingerprint density at radius 1 is 1.43 bits per heavy atom. The van der Waals surface area contributed by atoms with Gasteiger partial charge in [-0.1, -0.05) is 23.7 Å². The molecule has 0 saturated heterocycles. The van der Waals surface area contributed by atoms with Crippen LogP contribution in [0.15, 0.2) is 43.0 Å². The van der Waals surface area contributed by atoms with Crippen molar-refractivity contribution in [3.05, 3.63) is 53.7 Å². The van der Waals surface area contributed by atoms with Gasteiger partial charge in [-0.3, -0.25) is 4.79 Å². The number of fused-ring (bicyclic) bond motifs is 1. The van der Waals surface area contributed by atoms with Crippen molar-refractivity contribution >= 4 is 28.4 Å². The van der Waals surface area contributed by atoms with E-state index in [1.165, 1.54) is 0 Å². The second-order valence-corrected chi connectivity index (χ2v) is 5.20. The number of halogens is 1. The number of H-pyrrole nitrogens is 1. The lowest BCUT2D eigenvalue weighted by Crippen LogP contribution is -2.25. The molecule has 0 aliphatic rings. The molecular formula is C15H15ClN4O.